The van der Waals surface area contributed by atoms with Crippen molar-refractivity contribution in [3.05, 3.63) is 24.0 Å². The van der Waals surface area contributed by atoms with E-state index in [9.17, 15) is 0 Å². The van der Waals surface area contributed by atoms with Gasteiger partial charge in [0, 0.05) is 36.4 Å². The van der Waals surface area contributed by atoms with Crippen LogP contribution in [0, 0.1) is 0 Å². The van der Waals surface area contributed by atoms with Crippen molar-refractivity contribution in [1.29, 1.82) is 0 Å². The largest absolute Gasteiger partial charge is 0.367 e. The van der Waals surface area contributed by atoms with Crippen molar-refractivity contribution in [2.45, 2.75) is 38.6 Å². The lowest BCUT2D eigenvalue weighted by atomic mass is 9.86. The van der Waals surface area contributed by atoms with E-state index in [0.29, 0.717) is 0 Å². The normalized spacial score (nSPS) is 13.1. The monoisotopic (exact) mass is 223 g/mol. The quantitative estimate of drug-likeness (QED) is 0.689. The Balaban J connectivity index is 2.43. The molecule has 0 aliphatic rings. The summed E-state index contributed by atoms with van der Waals surface area (Å²) in [5, 5.41) is 6.82. The molecule has 1 aromatic rings. The predicted octanol–water partition coefficient (Wildman–Crippen LogP) is 1.88. The third kappa shape index (κ3) is 3.65. The minimum absolute atomic E-state index is 0.147. The summed E-state index contributed by atoms with van der Waals surface area (Å²) in [7, 11) is 2.00. The van der Waals surface area contributed by atoms with E-state index in [0.717, 1.165) is 13.1 Å². The van der Waals surface area contributed by atoms with Crippen molar-refractivity contribution in [2.75, 3.05) is 20.1 Å². The molecule has 0 atom stereocenters. The molecule has 1 heterocycles. The van der Waals surface area contributed by atoms with Crippen LogP contribution >= 0.6 is 0 Å². The molecule has 0 amide bonds. The molecule has 0 fully saturated rings. The van der Waals surface area contributed by atoms with Gasteiger partial charge >= 0.3 is 0 Å². The van der Waals surface area contributed by atoms with Crippen LogP contribution in [0.15, 0.2) is 18.5 Å². The van der Waals surface area contributed by atoms with Crippen LogP contribution in [-0.2, 0) is 5.41 Å². The van der Waals surface area contributed by atoms with E-state index in [1.165, 1.54) is 5.56 Å². The zero-order valence-corrected chi connectivity index (χ0v) is 11.1. The molecule has 0 aliphatic heterocycles. The van der Waals surface area contributed by atoms with Crippen LogP contribution in [0.1, 0.15) is 33.3 Å². The standard InChI is InChI=1S/C13H25N3/c1-12(2,11-6-7-15-8-11)9-16-10-13(3,4)14-5/h6-8,14-16H,9-10H2,1-5H3. The van der Waals surface area contributed by atoms with Gasteiger partial charge < -0.3 is 15.6 Å². The Bertz CT molecular complexity index is 299. The van der Waals surface area contributed by atoms with Crippen molar-refractivity contribution in [2.24, 2.45) is 0 Å². The van der Waals surface area contributed by atoms with Gasteiger partial charge in [-0.2, -0.15) is 0 Å². The third-order valence-corrected chi connectivity index (χ3v) is 3.19. The highest BCUT2D eigenvalue weighted by atomic mass is 15.0. The van der Waals surface area contributed by atoms with Crippen LogP contribution in [0.3, 0.4) is 0 Å². The Morgan fingerprint density at radius 1 is 1.19 bits per heavy atom. The SMILES string of the molecule is CNC(C)(C)CNCC(C)(C)c1cc[nH]c1. The maximum atomic E-state index is 3.53. The summed E-state index contributed by atoms with van der Waals surface area (Å²) in [6, 6.07) is 2.14. The highest BCUT2D eigenvalue weighted by Gasteiger charge is 2.22. The zero-order valence-electron chi connectivity index (χ0n) is 11.1. The summed E-state index contributed by atoms with van der Waals surface area (Å²) in [4.78, 5) is 3.11. The fraction of sp³-hybridized carbons (Fsp3) is 0.692. The highest BCUT2D eigenvalue weighted by molar-refractivity contribution is 5.20. The van der Waals surface area contributed by atoms with Crippen molar-refractivity contribution in [3.63, 3.8) is 0 Å². The lowest BCUT2D eigenvalue weighted by molar-refractivity contribution is 0.367. The summed E-state index contributed by atoms with van der Waals surface area (Å²) in [6.45, 7) is 10.9. The van der Waals surface area contributed by atoms with Crippen LogP contribution in [0.4, 0.5) is 0 Å². The van der Waals surface area contributed by atoms with Gasteiger partial charge in [0.1, 0.15) is 0 Å². The van der Waals surface area contributed by atoms with Gasteiger partial charge in [0.05, 0.1) is 0 Å². The Morgan fingerprint density at radius 3 is 2.38 bits per heavy atom. The molecule has 1 rings (SSSR count). The molecule has 0 unspecified atom stereocenters. The average Bonchev–Trinajstić information content (AvgIpc) is 2.70. The number of likely N-dealkylation sites (N-methyl/N-ethyl adjacent to an activating group) is 1. The molecule has 0 aliphatic carbocycles. The van der Waals surface area contributed by atoms with Gasteiger partial charge in [0.15, 0.2) is 0 Å². The minimum Gasteiger partial charge on any atom is -0.367 e. The number of aromatic nitrogens is 1. The second-order valence-electron chi connectivity index (χ2n) is 5.72. The van der Waals surface area contributed by atoms with Gasteiger partial charge in [0.2, 0.25) is 0 Å². The second kappa shape index (κ2) is 5.02. The summed E-state index contributed by atoms with van der Waals surface area (Å²) in [5.74, 6) is 0. The van der Waals surface area contributed by atoms with Crippen molar-refractivity contribution in [1.82, 2.24) is 15.6 Å². The van der Waals surface area contributed by atoms with Gasteiger partial charge in [-0.3, -0.25) is 0 Å². The van der Waals surface area contributed by atoms with Gasteiger partial charge in [-0.25, -0.2) is 0 Å². The van der Waals surface area contributed by atoms with Crippen LogP contribution < -0.4 is 10.6 Å². The minimum atomic E-state index is 0.147. The van der Waals surface area contributed by atoms with Gasteiger partial charge in [-0.15, -0.1) is 0 Å². The summed E-state index contributed by atoms with van der Waals surface area (Å²) in [5.41, 5.74) is 1.67. The van der Waals surface area contributed by atoms with E-state index in [2.05, 4.69) is 55.6 Å². The van der Waals surface area contributed by atoms with Crippen LogP contribution in [0.25, 0.3) is 0 Å². The molecule has 3 N–H and O–H groups in total. The fourth-order valence-electron chi connectivity index (χ4n) is 1.62. The molecule has 0 spiro atoms. The molecule has 0 saturated carbocycles. The Morgan fingerprint density at radius 2 is 1.88 bits per heavy atom. The van der Waals surface area contributed by atoms with Crippen molar-refractivity contribution < 1.29 is 0 Å². The number of hydrogen-bond acceptors (Lipinski definition) is 2. The molecule has 0 saturated heterocycles. The Hall–Kier alpha value is -0.800. The molecule has 0 bridgehead atoms. The first kappa shape index (κ1) is 13.3. The van der Waals surface area contributed by atoms with Gasteiger partial charge in [-0.05, 0) is 32.5 Å². The molecule has 3 heteroatoms. The molecular formula is C13H25N3. The molecule has 0 aromatic carbocycles. The molecule has 1 aromatic heterocycles. The number of nitrogens with one attached hydrogen (secondary N) is 3. The third-order valence-electron chi connectivity index (χ3n) is 3.19. The van der Waals surface area contributed by atoms with Gasteiger partial charge in [-0.1, -0.05) is 13.8 Å². The summed E-state index contributed by atoms with van der Waals surface area (Å²) < 4.78 is 0. The van der Waals surface area contributed by atoms with Crippen molar-refractivity contribution >= 4 is 0 Å². The smallest absolute Gasteiger partial charge is 0.0246 e. The Labute approximate surface area is 99.0 Å². The summed E-state index contributed by atoms with van der Waals surface area (Å²) >= 11 is 0. The predicted molar refractivity (Wildman–Crippen MR) is 69.8 cm³/mol. The van der Waals surface area contributed by atoms with E-state index in [1.807, 2.05) is 13.2 Å². The van der Waals surface area contributed by atoms with Crippen LogP contribution in [0.2, 0.25) is 0 Å². The summed E-state index contributed by atoms with van der Waals surface area (Å²) in [6.07, 6.45) is 4.06. The van der Waals surface area contributed by atoms with Crippen molar-refractivity contribution in [3.8, 4) is 0 Å². The lowest BCUT2D eigenvalue weighted by Gasteiger charge is -2.29. The first-order valence-electron chi connectivity index (χ1n) is 5.90. The number of hydrogen-bond donors (Lipinski definition) is 3. The molecule has 92 valence electrons. The fourth-order valence-corrected chi connectivity index (χ4v) is 1.62. The maximum Gasteiger partial charge on any atom is 0.0246 e. The van der Waals surface area contributed by atoms with E-state index in [4.69, 9.17) is 0 Å². The van der Waals surface area contributed by atoms with E-state index in [1.54, 1.807) is 0 Å². The lowest BCUT2D eigenvalue weighted by Crippen LogP contribution is -2.48. The Kier molecular flexibility index (Phi) is 4.16. The van der Waals surface area contributed by atoms with E-state index >= 15 is 0 Å². The van der Waals surface area contributed by atoms with E-state index < -0.39 is 0 Å². The molecular weight excluding hydrogens is 198 g/mol. The van der Waals surface area contributed by atoms with E-state index in [-0.39, 0.29) is 11.0 Å². The second-order valence-corrected chi connectivity index (χ2v) is 5.72. The molecule has 16 heavy (non-hydrogen) atoms. The molecule has 0 radical (unpaired) electrons. The zero-order chi connectivity index (χ0) is 12.2. The maximum absolute atomic E-state index is 3.53. The van der Waals surface area contributed by atoms with Gasteiger partial charge in [0.25, 0.3) is 0 Å². The topological polar surface area (TPSA) is 39.8 Å². The number of rotatable bonds is 6. The average molecular weight is 223 g/mol. The van der Waals surface area contributed by atoms with Crippen LogP contribution in [0.5, 0.6) is 0 Å². The first-order valence-corrected chi connectivity index (χ1v) is 5.90. The number of aromatic amines is 1. The highest BCUT2D eigenvalue weighted by Crippen LogP contribution is 2.21. The molecule has 3 nitrogen and oxygen atoms in total. The number of H-pyrrole nitrogens is 1. The first-order chi connectivity index (χ1) is 7.37. The van der Waals surface area contributed by atoms with Crippen LogP contribution in [-0.4, -0.2) is 30.7 Å².